The average Bonchev–Trinajstić information content (AvgIpc) is 0.830. The number of methoxy groups -OCH3 is 1. The van der Waals surface area contributed by atoms with Gasteiger partial charge in [0.05, 0.1) is 85.5 Å². The molecule has 22 nitrogen and oxygen atoms in total. The number of hydrogen-bond acceptors (Lipinski definition) is 18. The van der Waals surface area contributed by atoms with E-state index in [0.717, 1.165) is 34.9 Å². The maximum absolute atomic E-state index is 12.8. The summed E-state index contributed by atoms with van der Waals surface area (Å²) >= 11 is 25.1. The van der Waals surface area contributed by atoms with Crippen molar-refractivity contribution < 1.29 is 63.4 Å². The minimum absolute atomic E-state index is 0.0719. The Morgan fingerprint density at radius 2 is 0.800 bits per heavy atom. The highest BCUT2D eigenvalue weighted by Gasteiger charge is 2.22. The number of nitrogens with one attached hydrogen (secondary N) is 4. The van der Waals surface area contributed by atoms with Gasteiger partial charge in [-0.15, -0.1) is 0 Å². The quantitative estimate of drug-likeness (QED) is 0.0351. The first-order chi connectivity index (χ1) is 54.6. The number of aromatic nitrogens is 4. The second-order valence-corrected chi connectivity index (χ2v) is 37.1. The van der Waals surface area contributed by atoms with E-state index in [1.54, 1.807) is 214 Å². The van der Waals surface area contributed by atoms with Gasteiger partial charge in [-0.2, -0.15) is 0 Å². The van der Waals surface area contributed by atoms with Gasteiger partial charge in [-0.25, -0.2) is 25.3 Å². The van der Waals surface area contributed by atoms with E-state index >= 15 is 0 Å². The minimum Gasteiger partial charge on any atom is -0.496 e. The third kappa shape index (κ3) is 26.6. The van der Waals surface area contributed by atoms with Crippen molar-refractivity contribution in [2.75, 3.05) is 60.4 Å². The molecule has 0 aliphatic heterocycles. The number of ether oxygens (including phenoxy) is 1. The maximum atomic E-state index is 12.8. The lowest BCUT2D eigenvalue weighted by molar-refractivity contribution is 0.101. The molecule has 0 aliphatic rings. The van der Waals surface area contributed by atoms with Gasteiger partial charge in [0.25, 0.3) is 23.6 Å². The number of nitrogens with zero attached hydrogens (tertiary/aromatic N) is 4. The van der Waals surface area contributed by atoms with Crippen molar-refractivity contribution in [1.29, 1.82) is 0 Å². The number of carbonyl (C=O) groups excluding carboxylic acids is 4. The highest BCUT2D eigenvalue weighted by molar-refractivity contribution is 7.91. The van der Waals surface area contributed by atoms with Crippen LogP contribution in [0.3, 0.4) is 0 Å². The summed E-state index contributed by atoms with van der Waals surface area (Å²) in [5.41, 5.74) is 12.9. The summed E-state index contributed by atoms with van der Waals surface area (Å²) in [5, 5.41) is 21.9. The van der Waals surface area contributed by atoms with Gasteiger partial charge in [-0.3, -0.25) is 43.7 Å². The number of aliphatic hydroxyl groups excluding tert-OH is 1. The molecule has 4 heterocycles. The van der Waals surface area contributed by atoms with E-state index in [1.165, 1.54) is 13.4 Å². The highest BCUT2D eigenvalue weighted by atomic mass is 35.5. The van der Waals surface area contributed by atoms with E-state index in [0.29, 0.717) is 134 Å². The number of rotatable bonds is 24. The molecule has 594 valence electrons. The molecule has 30 heteroatoms. The van der Waals surface area contributed by atoms with Crippen molar-refractivity contribution in [3.63, 3.8) is 0 Å². The second-order valence-electron chi connectivity index (χ2n) is 26.2. The van der Waals surface area contributed by atoms with E-state index < -0.39 is 42.1 Å². The van der Waals surface area contributed by atoms with Crippen LogP contribution in [-0.4, -0.2) is 113 Å². The number of sulfone groups is 3. The molecule has 12 rings (SSSR count). The molecule has 0 spiro atoms. The molecular weight excluding hydrogens is 1630 g/mol. The van der Waals surface area contributed by atoms with Crippen molar-refractivity contribution in [3.8, 4) is 50.8 Å². The predicted molar refractivity (Wildman–Crippen MR) is 458 cm³/mol. The first-order valence-electron chi connectivity index (χ1n) is 35.1. The third-order valence-corrected chi connectivity index (χ3v) is 23.3. The second kappa shape index (κ2) is 40.5. The summed E-state index contributed by atoms with van der Waals surface area (Å²) < 4.78 is 92.0. The summed E-state index contributed by atoms with van der Waals surface area (Å²) in [7, 11) is -10.8. The summed E-state index contributed by atoms with van der Waals surface area (Å²) in [6.07, 6.45) is 10.5. The van der Waals surface area contributed by atoms with Gasteiger partial charge in [0.1, 0.15) is 5.75 Å². The fraction of sp³-hybridized carbons (Fsp3) is 0.153. The molecule has 4 aromatic heterocycles. The highest BCUT2D eigenvalue weighted by Crippen LogP contribution is 2.46. The lowest BCUT2D eigenvalue weighted by atomic mass is 10.1. The van der Waals surface area contributed by atoms with E-state index in [2.05, 4.69) is 41.2 Å². The fourth-order valence-corrected chi connectivity index (χ4v) is 15.8. The van der Waals surface area contributed by atoms with E-state index in [4.69, 9.17) is 60.8 Å². The smallest absolute Gasteiger partial charge is 0.259 e. The van der Waals surface area contributed by atoms with Crippen molar-refractivity contribution in [2.45, 2.75) is 43.4 Å². The van der Waals surface area contributed by atoms with Gasteiger partial charge in [-0.1, -0.05) is 113 Å². The standard InChI is InChI=1S/C22H22ClN2O3P.2C21H19ClN2O4S.C21H19ClN2O3S/c1-3-28-29(2,27)15-16-7-9-17(10-8-16)22(26)25-18-11-12-20(23)19(14-18)21-6-4-5-13-24-21;1-29(27,28)13-14-2-5-16(6-3-14)21(26)24-17-7-8-19(22)18(10-17)20-9-4-15(12-25)11-23-20;1-28-20-11-14(13-29(2,26)27)6-8-16(20)21(25)24-15-7-9-18(22)17(12-15)19-5-3-4-10-23-19;1-14(28(2,26)27)15-6-8-16(9-7-15)21(25)24-17-10-11-19(22)18(13-17)20-5-3-4-12-23-20/h4-14H,3,15H2,1-2H3,(H,25,26);2-11,25H,12-13H2,1H3,(H,24,26);3-12H,13H2,1-2H3,(H,24,25);3-14H,1-2H3,(H,24,25). The molecule has 0 aliphatic carbocycles. The van der Waals surface area contributed by atoms with Crippen LogP contribution in [0.1, 0.15) is 88.3 Å². The zero-order valence-corrected chi connectivity index (χ0v) is 69.5. The Labute approximate surface area is 687 Å². The number of hydrogen-bond donors (Lipinski definition) is 5. The van der Waals surface area contributed by atoms with Gasteiger partial charge in [0, 0.05) is 118 Å². The summed E-state index contributed by atoms with van der Waals surface area (Å²) in [6.45, 7) is 5.38. The zero-order valence-electron chi connectivity index (χ0n) is 63.1. The van der Waals surface area contributed by atoms with Crippen molar-refractivity contribution in [2.24, 2.45) is 0 Å². The van der Waals surface area contributed by atoms with Crippen LogP contribution in [0.15, 0.2) is 255 Å². The SMILES string of the molecule is CC(c1ccc(C(=O)Nc2ccc(Cl)c(-c3ccccn3)c2)cc1)S(C)(=O)=O.CCOP(C)(=O)Cc1ccc(C(=O)Nc2ccc(Cl)c(-c3ccccn3)c2)cc1.COc1cc(CS(C)(=O)=O)ccc1C(=O)Nc1ccc(Cl)c(-c2ccccn2)c1.CS(=O)(=O)Cc1ccc(C(=O)Nc2ccc(Cl)c(-c3ccc(CO)cn3)c2)cc1. The van der Waals surface area contributed by atoms with Crippen molar-refractivity contribution in [1.82, 2.24) is 19.9 Å². The Morgan fingerprint density at radius 1 is 0.443 bits per heavy atom. The Balaban J connectivity index is 0.000000175. The molecule has 0 bridgehead atoms. The summed E-state index contributed by atoms with van der Waals surface area (Å²) in [5.74, 6) is -1.16. The van der Waals surface area contributed by atoms with Crippen LogP contribution in [0.25, 0.3) is 45.0 Å². The number of anilines is 4. The molecule has 2 unspecified atom stereocenters. The first kappa shape index (κ1) is 88.2. The number of amides is 4. The number of halogens is 4. The van der Waals surface area contributed by atoms with Crippen molar-refractivity contribution in [3.05, 3.63) is 325 Å². The van der Waals surface area contributed by atoms with Gasteiger partial charge in [0.2, 0.25) is 7.37 Å². The zero-order chi connectivity index (χ0) is 83.2. The van der Waals surface area contributed by atoms with Crippen LogP contribution in [0.5, 0.6) is 5.75 Å². The van der Waals surface area contributed by atoms with Crippen LogP contribution >= 0.6 is 53.8 Å². The fourth-order valence-electron chi connectivity index (χ4n) is 11.2. The number of aliphatic hydroxyl groups is 1. The predicted octanol–water partition coefficient (Wildman–Crippen LogP) is 18.8. The van der Waals surface area contributed by atoms with Gasteiger partial charge >= 0.3 is 0 Å². The molecule has 12 aromatic rings. The van der Waals surface area contributed by atoms with Gasteiger partial charge in [-0.05, 0) is 205 Å². The summed E-state index contributed by atoms with van der Waals surface area (Å²) in [4.78, 5) is 67.6. The van der Waals surface area contributed by atoms with Crippen molar-refractivity contribution >= 4 is 130 Å². The third-order valence-electron chi connectivity index (χ3n) is 17.0. The Hall–Kier alpha value is -10.8. The monoisotopic (exact) mass is 1700 g/mol. The lowest BCUT2D eigenvalue weighted by Crippen LogP contribution is -2.14. The molecule has 115 heavy (non-hydrogen) atoms. The lowest BCUT2D eigenvalue weighted by Gasteiger charge is -2.13. The Bertz CT molecular complexity index is 5860. The minimum atomic E-state index is -3.19. The Kier molecular flexibility index (Phi) is 31.0. The Morgan fingerprint density at radius 3 is 1.14 bits per heavy atom. The van der Waals surface area contributed by atoms with Crippen LogP contribution < -0.4 is 26.0 Å². The molecule has 0 fully saturated rings. The van der Waals surface area contributed by atoms with Crippen LogP contribution in [-0.2, 0) is 62.9 Å². The van der Waals surface area contributed by atoms with E-state index in [9.17, 15) is 49.0 Å². The van der Waals surface area contributed by atoms with E-state index in [-0.39, 0.29) is 41.7 Å². The molecular formula is C85H79Cl4N8O14PS3. The molecule has 0 saturated heterocycles. The largest absolute Gasteiger partial charge is 0.496 e. The molecule has 0 radical (unpaired) electrons. The van der Waals surface area contributed by atoms with Crippen LogP contribution in [0.4, 0.5) is 22.7 Å². The molecule has 5 N–H and O–H groups in total. The summed E-state index contributed by atoms with van der Waals surface area (Å²) in [6, 6.07) is 65.4. The molecule has 0 saturated carbocycles. The first-order valence-corrected chi connectivity index (χ1v) is 44.9. The normalized spacial score (nSPS) is 11.9. The molecule has 4 amide bonds. The number of benzene rings is 8. The topological polar surface area (TPSA) is 326 Å². The van der Waals surface area contributed by atoms with Gasteiger partial charge < -0.3 is 35.6 Å². The number of pyridine rings is 4. The van der Waals surface area contributed by atoms with Crippen LogP contribution in [0.2, 0.25) is 20.1 Å². The number of carbonyl (C=O) groups is 4. The molecule has 2 atom stereocenters. The average molecular weight is 1710 g/mol. The van der Waals surface area contributed by atoms with E-state index in [1.807, 2.05) is 61.5 Å². The van der Waals surface area contributed by atoms with Crippen LogP contribution in [0, 0.1) is 0 Å². The van der Waals surface area contributed by atoms with Gasteiger partial charge in [0.15, 0.2) is 29.5 Å². The molecule has 8 aromatic carbocycles. The maximum Gasteiger partial charge on any atom is 0.259 e.